The van der Waals surface area contributed by atoms with Crippen LogP contribution in [0, 0.1) is 0 Å². The molecule has 4 heteroatoms. The molecule has 0 aromatic heterocycles. The molecule has 0 aliphatic carbocycles. The molecule has 0 bridgehead atoms. The van der Waals surface area contributed by atoms with Gasteiger partial charge in [-0.15, -0.1) is 0 Å². The van der Waals surface area contributed by atoms with Crippen LogP contribution in [0.15, 0.2) is 12.2 Å². The Hall–Kier alpha value is -0.870. The van der Waals surface area contributed by atoms with Crippen molar-refractivity contribution in [1.29, 1.82) is 0 Å². The summed E-state index contributed by atoms with van der Waals surface area (Å²) in [5.41, 5.74) is -0.444. The minimum Gasteiger partial charge on any atom is -0.277 e. The fraction of sp³-hybridized carbons (Fsp3) is 0.667. The molecule has 1 rings (SSSR count). The Balaban J connectivity index is 2.88. The summed E-state index contributed by atoms with van der Waals surface area (Å²) >= 11 is 0. The lowest BCUT2D eigenvalue weighted by Gasteiger charge is -2.40. The van der Waals surface area contributed by atoms with Gasteiger partial charge in [0.2, 0.25) is 0 Å². The van der Waals surface area contributed by atoms with Gasteiger partial charge < -0.3 is 0 Å². The van der Waals surface area contributed by atoms with Crippen LogP contribution in [-0.4, -0.2) is 34.6 Å². The Morgan fingerprint density at radius 1 is 1.54 bits per heavy atom. The highest BCUT2D eigenvalue weighted by molar-refractivity contribution is 5.90. The predicted octanol–water partition coefficient (Wildman–Crippen LogP) is 0.317. The van der Waals surface area contributed by atoms with Crippen LogP contribution in [0.2, 0.25) is 0 Å². The normalized spacial score (nSPS) is 27.8. The van der Waals surface area contributed by atoms with E-state index in [1.807, 2.05) is 13.0 Å². The smallest absolute Gasteiger partial charge is 0.262 e. The van der Waals surface area contributed by atoms with Crippen molar-refractivity contribution in [3.8, 4) is 0 Å². The predicted molar refractivity (Wildman–Crippen MR) is 51.5 cm³/mol. The molecule has 2 N–H and O–H groups in total. The average molecular weight is 183 g/mol. The zero-order valence-electron chi connectivity index (χ0n) is 8.45. The second-order valence-electron chi connectivity index (χ2n) is 3.31. The van der Waals surface area contributed by atoms with Crippen LogP contribution >= 0.6 is 0 Å². The lowest BCUT2D eigenvalue weighted by atomic mass is 10.1. The van der Waals surface area contributed by atoms with Gasteiger partial charge in [-0.2, -0.15) is 0 Å². The van der Waals surface area contributed by atoms with Gasteiger partial charge in [-0.1, -0.05) is 13.8 Å². The number of hydrogen-bond acceptors (Lipinski definition) is 3. The first-order chi connectivity index (χ1) is 6.06. The lowest BCUT2D eigenvalue weighted by molar-refractivity contribution is -0.134. The molecule has 13 heavy (non-hydrogen) atoms. The van der Waals surface area contributed by atoms with Crippen molar-refractivity contribution in [3.05, 3.63) is 12.2 Å². The number of nitrogens with zero attached hydrogens (tertiary/aromatic N) is 2. The maximum atomic E-state index is 11.2. The van der Waals surface area contributed by atoms with E-state index in [1.54, 1.807) is 0 Å². The van der Waals surface area contributed by atoms with Gasteiger partial charge in [0.05, 0.1) is 0 Å². The van der Waals surface area contributed by atoms with Crippen LogP contribution < -0.4 is 5.84 Å². The zero-order valence-corrected chi connectivity index (χ0v) is 8.45. The maximum Gasteiger partial charge on any atom is 0.262 e. The first-order valence-electron chi connectivity index (χ1n) is 4.59. The average Bonchev–Trinajstić information content (AvgIpc) is 2.37. The van der Waals surface area contributed by atoms with E-state index in [0.717, 1.165) is 13.1 Å². The van der Waals surface area contributed by atoms with Crippen molar-refractivity contribution in [2.75, 3.05) is 13.1 Å². The van der Waals surface area contributed by atoms with E-state index in [4.69, 9.17) is 5.84 Å². The topological polar surface area (TPSA) is 49.6 Å². The summed E-state index contributed by atoms with van der Waals surface area (Å²) in [7, 11) is 0. The van der Waals surface area contributed by atoms with Crippen LogP contribution in [0.25, 0.3) is 0 Å². The van der Waals surface area contributed by atoms with Gasteiger partial charge in [0.25, 0.3) is 5.91 Å². The summed E-state index contributed by atoms with van der Waals surface area (Å²) in [4.78, 5) is 13.3. The Morgan fingerprint density at radius 3 is 2.38 bits per heavy atom. The Bertz CT molecular complexity index is 235. The van der Waals surface area contributed by atoms with Crippen molar-refractivity contribution >= 4 is 5.91 Å². The summed E-state index contributed by atoms with van der Waals surface area (Å²) in [6.45, 7) is 7.80. The summed E-state index contributed by atoms with van der Waals surface area (Å²) in [5.74, 6) is 5.56. The molecule has 0 radical (unpaired) electrons. The van der Waals surface area contributed by atoms with Crippen molar-refractivity contribution in [1.82, 2.24) is 9.91 Å². The Morgan fingerprint density at radius 2 is 2.08 bits per heavy atom. The highest BCUT2D eigenvalue weighted by atomic mass is 16.2. The molecule has 0 aromatic carbocycles. The first-order valence-corrected chi connectivity index (χ1v) is 4.59. The largest absolute Gasteiger partial charge is 0.277 e. The maximum absolute atomic E-state index is 11.2. The molecule has 0 fully saturated rings. The summed E-state index contributed by atoms with van der Waals surface area (Å²) in [6.07, 6.45) is 3.38. The second kappa shape index (κ2) is 3.47. The van der Waals surface area contributed by atoms with Crippen LogP contribution in [0.4, 0.5) is 0 Å². The molecular weight excluding hydrogens is 166 g/mol. The molecule has 1 aliphatic heterocycles. The Labute approximate surface area is 79.0 Å². The molecule has 1 heterocycles. The third-order valence-electron chi connectivity index (χ3n) is 2.67. The molecule has 0 saturated carbocycles. The fourth-order valence-electron chi connectivity index (χ4n) is 1.73. The quantitative estimate of drug-likeness (QED) is 0.506. The van der Waals surface area contributed by atoms with Crippen molar-refractivity contribution in [2.45, 2.75) is 26.4 Å². The molecule has 1 aliphatic rings. The van der Waals surface area contributed by atoms with E-state index in [0.29, 0.717) is 0 Å². The van der Waals surface area contributed by atoms with Gasteiger partial charge in [-0.3, -0.25) is 14.7 Å². The van der Waals surface area contributed by atoms with Gasteiger partial charge >= 0.3 is 0 Å². The van der Waals surface area contributed by atoms with Gasteiger partial charge in [-0.05, 0) is 26.1 Å². The molecule has 0 spiro atoms. The van der Waals surface area contributed by atoms with Crippen LogP contribution in [-0.2, 0) is 4.79 Å². The second-order valence-corrected chi connectivity index (χ2v) is 3.31. The number of rotatable bonds is 3. The molecule has 0 saturated heterocycles. The van der Waals surface area contributed by atoms with Crippen molar-refractivity contribution in [2.24, 2.45) is 5.84 Å². The lowest BCUT2D eigenvalue weighted by Crippen LogP contribution is -2.59. The molecule has 0 aromatic rings. The molecule has 1 unspecified atom stereocenters. The molecule has 1 atom stereocenters. The SMILES string of the molecule is CCN(CC)C1(C)C=CC(=O)N1N. The van der Waals surface area contributed by atoms with E-state index in [-0.39, 0.29) is 5.91 Å². The van der Waals surface area contributed by atoms with E-state index in [9.17, 15) is 4.79 Å². The third kappa shape index (κ3) is 1.47. The van der Waals surface area contributed by atoms with Gasteiger partial charge in [-0.25, -0.2) is 5.84 Å². The molecular formula is C9H17N3O. The molecule has 4 nitrogen and oxygen atoms in total. The first kappa shape index (κ1) is 10.2. The van der Waals surface area contributed by atoms with E-state index < -0.39 is 5.66 Å². The van der Waals surface area contributed by atoms with Gasteiger partial charge in [0.1, 0.15) is 5.66 Å². The van der Waals surface area contributed by atoms with Crippen LogP contribution in [0.3, 0.4) is 0 Å². The number of hydrazine groups is 1. The van der Waals surface area contributed by atoms with Crippen LogP contribution in [0.1, 0.15) is 20.8 Å². The monoisotopic (exact) mass is 183 g/mol. The van der Waals surface area contributed by atoms with Crippen molar-refractivity contribution < 1.29 is 4.79 Å². The van der Waals surface area contributed by atoms with E-state index >= 15 is 0 Å². The number of carbonyl (C=O) groups excluding carboxylic acids is 1. The minimum atomic E-state index is -0.444. The highest BCUT2D eigenvalue weighted by Crippen LogP contribution is 2.24. The molecule has 74 valence electrons. The fourth-order valence-corrected chi connectivity index (χ4v) is 1.73. The third-order valence-corrected chi connectivity index (χ3v) is 2.67. The minimum absolute atomic E-state index is 0.130. The van der Waals surface area contributed by atoms with E-state index in [2.05, 4.69) is 18.7 Å². The number of hydrogen-bond donors (Lipinski definition) is 1. The summed E-state index contributed by atoms with van der Waals surface area (Å²) < 4.78 is 0. The highest BCUT2D eigenvalue weighted by Gasteiger charge is 2.39. The van der Waals surface area contributed by atoms with Crippen molar-refractivity contribution in [3.63, 3.8) is 0 Å². The number of likely N-dealkylation sites (N-methyl/N-ethyl adjacent to an activating group) is 1. The zero-order chi connectivity index (χ0) is 10.1. The van der Waals surface area contributed by atoms with Gasteiger partial charge in [0.15, 0.2) is 0 Å². The number of carbonyl (C=O) groups is 1. The molecule has 1 amide bonds. The van der Waals surface area contributed by atoms with Crippen LogP contribution in [0.5, 0.6) is 0 Å². The summed E-state index contributed by atoms with van der Waals surface area (Å²) in [6, 6.07) is 0. The number of amides is 1. The standard InChI is InChI=1S/C9H17N3O/c1-4-11(5-2)9(3)7-6-8(13)12(9)10/h6-7H,4-5,10H2,1-3H3. The van der Waals surface area contributed by atoms with Gasteiger partial charge in [0, 0.05) is 6.08 Å². The summed E-state index contributed by atoms with van der Waals surface area (Å²) in [5, 5.41) is 1.28. The van der Waals surface area contributed by atoms with E-state index in [1.165, 1.54) is 11.1 Å². The number of nitrogens with two attached hydrogens (primary N) is 1. The Kier molecular flexibility index (Phi) is 2.73.